The summed E-state index contributed by atoms with van der Waals surface area (Å²) in [5.74, 6) is -0.629. The van der Waals surface area contributed by atoms with E-state index in [9.17, 15) is 19.7 Å². The second kappa shape index (κ2) is 9.47. The van der Waals surface area contributed by atoms with Crippen LogP contribution in [-0.2, 0) is 9.53 Å². The van der Waals surface area contributed by atoms with Crippen molar-refractivity contribution < 1.29 is 24.0 Å². The van der Waals surface area contributed by atoms with Crippen LogP contribution < -0.4 is 4.74 Å². The number of nitro benzene ring substituents is 1. The van der Waals surface area contributed by atoms with Crippen LogP contribution in [0.15, 0.2) is 78.9 Å². The molecule has 0 aromatic heterocycles. The van der Waals surface area contributed by atoms with Gasteiger partial charge in [0.2, 0.25) is 5.78 Å². The van der Waals surface area contributed by atoms with E-state index in [1.165, 1.54) is 24.3 Å². The molecule has 3 rings (SSSR count). The van der Waals surface area contributed by atoms with Crippen molar-refractivity contribution in [3.05, 3.63) is 106 Å². The number of non-ortho nitro benzene ring substituents is 1. The number of nitrogens with zero attached hydrogens (tertiary/aromatic N) is 1. The first kappa shape index (κ1) is 20.7. The van der Waals surface area contributed by atoms with Crippen molar-refractivity contribution in [2.24, 2.45) is 0 Å². The summed E-state index contributed by atoms with van der Waals surface area (Å²) in [4.78, 5) is 35.7. The van der Waals surface area contributed by atoms with Gasteiger partial charge in [0, 0.05) is 23.3 Å². The lowest BCUT2D eigenvalue weighted by molar-refractivity contribution is -0.384. The lowest BCUT2D eigenvalue weighted by Crippen LogP contribution is -2.24. The first-order valence-corrected chi connectivity index (χ1v) is 9.17. The summed E-state index contributed by atoms with van der Waals surface area (Å²) < 4.78 is 10.9. The van der Waals surface area contributed by atoms with Crippen LogP contribution in [0.1, 0.15) is 27.6 Å². The van der Waals surface area contributed by atoms with Crippen LogP contribution in [-0.4, -0.2) is 23.3 Å². The number of benzene rings is 3. The number of aryl methyl sites for hydroxylation is 1. The number of esters is 1. The summed E-state index contributed by atoms with van der Waals surface area (Å²) in [7, 11) is 0. The van der Waals surface area contributed by atoms with E-state index in [4.69, 9.17) is 9.47 Å². The quantitative estimate of drug-likeness (QED) is 0.238. The second-order valence-electron chi connectivity index (χ2n) is 6.50. The first-order chi connectivity index (χ1) is 14.5. The van der Waals surface area contributed by atoms with Gasteiger partial charge in [-0.05, 0) is 30.7 Å². The Kier molecular flexibility index (Phi) is 6.54. The SMILES string of the molecule is Cc1ccccc1OCC(=O)O[C@H](C(=O)c1ccccc1)c1ccc([N+](=O)[O-])cc1. The molecule has 0 heterocycles. The third-order valence-corrected chi connectivity index (χ3v) is 4.39. The number of ether oxygens (including phenoxy) is 2. The molecular formula is C23H19NO6. The monoisotopic (exact) mass is 405 g/mol. The minimum absolute atomic E-state index is 0.126. The van der Waals surface area contributed by atoms with Crippen molar-refractivity contribution in [2.75, 3.05) is 6.61 Å². The molecule has 0 aliphatic carbocycles. The van der Waals surface area contributed by atoms with Crippen molar-refractivity contribution in [2.45, 2.75) is 13.0 Å². The number of carbonyl (C=O) groups is 2. The molecule has 0 bridgehead atoms. The predicted octanol–water partition coefficient (Wildman–Crippen LogP) is 4.45. The molecule has 1 atom stereocenters. The zero-order valence-corrected chi connectivity index (χ0v) is 16.2. The highest BCUT2D eigenvalue weighted by atomic mass is 16.6. The summed E-state index contributed by atoms with van der Waals surface area (Å²) in [6.07, 6.45) is -1.25. The molecule has 0 radical (unpaired) electrons. The summed E-state index contributed by atoms with van der Waals surface area (Å²) >= 11 is 0. The fourth-order valence-electron chi connectivity index (χ4n) is 2.82. The Labute approximate surface area is 173 Å². The second-order valence-corrected chi connectivity index (χ2v) is 6.50. The predicted molar refractivity (Wildman–Crippen MR) is 109 cm³/mol. The van der Waals surface area contributed by atoms with Gasteiger partial charge in [-0.25, -0.2) is 4.79 Å². The van der Waals surface area contributed by atoms with Gasteiger partial charge in [-0.1, -0.05) is 48.5 Å². The summed E-state index contributed by atoms with van der Waals surface area (Å²) in [5, 5.41) is 10.9. The lowest BCUT2D eigenvalue weighted by Gasteiger charge is -2.18. The molecule has 0 saturated carbocycles. The molecule has 3 aromatic rings. The summed E-state index contributed by atoms with van der Waals surface area (Å²) in [6.45, 7) is 1.47. The van der Waals surface area contributed by atoms with Gasteiger partial charge in [-0.15, -0.1) is 0 Å². The Morgan fingerprint density at radius 2 is 1.57 bits per heavy atom. The van der Waals surface area contributed by atoms with Gasteiger partial charge in [0.1, 0.15) is 5.75 Å². The largest absolute Gasteiger partial charge is 0.482 e. The maximum Gasteiger partial charge on any atom is 0.345 e. The van der Waals surface area contributed by atoms with Crippen LogP contribution in [0, 0.1) is 17.0 Å². The molecule has 0 fully saturated rings. The number of ketones is 1. The number of nitro groups is 1. The normalized spacial score (nSPS) is 11.4. The van der Waals surface area contributed by atoms with E-state index in [-0.39, 0.29) is 12.3 Å². The molecule has 0 amide bonds. The smallest absolute Gasteiger partial charge is 0.345 e. The van der Waals surface area contributed by atoms with Gasteiger partial charge in [0.05, 0.1) is 4.92 Å². The molecule has 0 N–H and O–H groups in total. The zero-order chi connectivity index (χ0) is 21.5. The van der Waals surface area contributed by atoms with Crippen LogP contribution in [0.4, 0.5) is 5.69 Å². The lowest BCUT2D eigenvalue weighted by atomic mass is 9.99. The molecule has 0 unspecified atom stereocenters. The van der Waals surface area contributed by atoms with Crippen LogP contribution in [0.3, 0.4) is 0 Å². The van der Waals surface area contributed by atoms with Gasteiger partial charge < -0.3 is 9.47 Å². The highest BCUT2D eigenvalue weighted by Crippen LogP contribution is 2.25. The fourth-order valence-corrected chi connectivity index (χ4v) is 2.82. The molecule has 0 aliphatic rings. The number of para-hydroxylation sites is 1. The molecule has 3 aromatic carbocycles. The van der Waals surface area contributed by atoms with E-state index >= 15 is 0 Å². The average molecular weight is 405 g/mol. The fraction of sp³-hybridized carbons (Fsp3) is 0.130. The van der Waals surface area contributed by atoms with E-state index in [1.54, 1.807) is 42.5 Å². The molecule has 7 nitrogen and oxygen atoms in total. The van der Waals surface area contributed by atoms with Crippen molar-refractivity contribution in [1.82, 2.24) is 0 Å². The van der Waals surface area contributed by atoms with Gasteiger partial charge in [-0.2, -0.15) is 0 Å². The van der Waals surface area contributed by atoms with Gasteiger partial charge in [0.25, 0.3) is 5.69 Å². The minimum Gasteiger partial charge on any atom is -0.482 e. The Hall–Kier alpha value is -4.00. The van der Waals surface area contributed by atoms with E-state index in [1.807, 2.05) is 19.1 Å². The Morgan fingerprint density at radius 1 is 0.933 bits per heavy atom. The molecule has 30 heavy (non-hydrogen) atoms. The van der Waals surface area contributed by atoms with Gasteiger partial charge in [0.15, 0.2) is 12.7 Å². The van der Waals surface area contributed by atoms with Gasteiger partial charge >= 0.3 is 5.97 Å². The highest BCUT2D eigenvalue weighted by molar-refractivity contribution is 6.01. The molecule has 0 saturated heterocycles. The standard InChI is InChI=1S/C23H19NO6/c1-16-7-5-6-10-20(16)29-15-21(25)30-23(22(26)17-8-3-2-4-9-17)18-11-13-19(14-12-18)24(27)28/h2-14,23H,15H2,1H3/t23-/m0/s1. The topological polar surface area (TPSA) is 95.7 Å². The van der Waals surface area contributed by atoms with E-state index in [2.05, 4.69) is 0 Å². The number of Topliss-reactive ketones (excluding diaryl/α,β-unsaturated/α-hetero) is 1. The maximum absolute atomic E-state index is 13.0. The van der Waals surface area contributed by atoms with Crippen LogP contribution >= 0.6 is 0 Å². The van der Waals surface area contributed by atoms with Crippen molar-refractivity contribution in [3.8, 4) is 5.75 Å². The average Bonchev–Trinajstić information content (AvgIpc) is 2.77. The van der Waals surface area contributed by atoms with E-state index < -0.39 is 22.8 Å². The van der Waals surface area contributed by atoms with Crippen molar-refractivity contribution in [1.29, 1.82) is 0 Å². The zero-order valence-electron chi connectivity index (χ0n) is 16.2. The van der Waals surface area contributed by atoms with Gasteiger partial charge in [-0.3, -0.25) is 14.9 Å². The number of rotatable bonds is 8. The van der Waals surface area contributed by atoms with Crippen LogP contribution in [0.5, 0.6) is 5.75 Å². The molecule has 7 heteroatoms. The number of hydrogen-bond acceptors (Lipinski definition) is 6. The van der Waals surface area contributed by atoms with Crippen LogP contribution in [0.25, 0.3) is 0 Å². The van der Waals surface area contributed by atoms with Crippen molar-refractivity contribution >= 4 is 17.4 Å². The van der Waals surface area contributed by atoms with E-state index in [0.717, 1.165) is 5.56 Å². The van der Waals surface area contributed by atoms with Crippen molar-refractivity contribution in [3.63, 3.8) is 0 Å². The summed E-state index contributed by atoms with van der Waals surface area (Å²) in [6, 6.07) is 20.9. The van der Waals surface area contributed by atoms with Crippen LogP contribution in [0.2, 0.25) is 0 Å². The van der Waals surface area contributed by atoms with E-state index in [0.29, 0.717) is 16.9 Å². The Balaban J connectivity index is 1.80. The third kappa shape index (κ3) is 5.08. The first-order valence-electron chi connectivity index (χ1n) is 9.17. The molecular weight excluding hydrogens is 386 g/mol. The minimum atomic E-state index is -1.25. The third-order valence-electron chi connectivity index (χ3n) is 4.39. The molecule has 0 spiro atoms. The molecule has 0 aliphatic heterocycles. The number of hydrogen-bond donors (Lipinski definition) is 0. The Morgan fingerprint density at radius 3 is 2.20 bits per heavy atom. The summed E-state index contributed by atoms with van der Waals surface area (Å²) in [5.41, 5.74) is 1.42. The number of carbonyl (C=O) groups excluding carboxylic acids is 2. The molecule has 152 valence electrons. The Bertz CT molecular complexity index is 1050. The highest BCUT2D eigenvalue weighted by Gasteiger charge is 2.27. The maximum atomic E-state index is 13.0.